The summed E-state index contributed by atoms with van der Waals surface area (Å²) in [4.78, 5) is 0. The summed E-state index contributed by atoms with van der Waals surface area (Å²) >= 11 is 0. The van der Waals surface area contributed by atoms with Gasteiger partial charge in [0.25, 0.3) is 0 Å². The highest BCUT2D eigenvalue weighted by Crippen LogP contribution is 2.32. The lowest BCUT2D eigenvalue weighted by Crippen LogP contribution is -2.18. The van der Waals surface area contributed by atoms with Crippen LogP contribution in [-0.2, 0) is 5.41 Å². The van der Waals surface area contributed by atoms with E-state index in [0.717, 1.165) is 11.1 Å². The molecule has 0 aliphatic heterocycles. The van der Waals surface area contributed by atoms with Gasteiger partial charge in [-0.05, 0) is 35.4 Å². The van der Waals surface area contributed by atoms with Crippen molar-refractivity contribution in [2.45, 2.75) is 19.3 Å². The summed E-state index contributed by atoms with van der Waals surface area (Å²) in [7, 11) is 0. The minimum atomic E-state index is -0.151. The third-order valence-corrected chi connectivity index (χ3v) is 3.18. The maximum Gasteiger partial charge on any atom is 0.115 e. The molecule has 0 amide bonds. The fraction of sp³-hybridized carbons (Fsp3) is 0.200. The van der Waals surface area contributed by atoms with E-state index >= 15 is 0 Å². The summed E-state index contributed by atoms with van der Waals surface area (Å²) in [5.41, 5.74) is 2.10. The SMILES string of the molecule is CC(C)(c1ccc(O)cc1)c1ccc([17OH])cc1. The third-order valence-electron chi connectivity index (χ3n) is 3.18. The molecule has 0 heterocycles. The molecule has 0 radical (unpaired) electrons. The number of phenolic OH excluding ortho intramolecular Hbond substituents is 2. The average molecular weight is 229 g/mol. The van der Waals surface area contributed by atoms with Gasteiger partial charge in [0.05, 0.1) is 0 Å². The smallest absolute Gasteiger partial charge is 0.115 e. The van der Waals surface area contributed by atoms with Gasteiger partial charge in [-0.3, -0.25) is 0 Å². The van der Waals surface area contributed by atoms with Crippen LogP contribution in [0.3, 0.4) is 0 Å². The highest BCUT2D eigenvalue weighted by molar-refractivity contribution is 5.41. The van der Waals surface area contributed by atoms with Crippen molar-refractivity contribution in [3.8, 4) is 11.5 Å². The van der Waals surface area contributed by atoms with Gasteiger partial charge in [-0.1, -0.05) is 38.1 Å². The van der Waals surface area contributed by atoms with Gasteiger partial charge in [0.1, 0.15) is 11.5 Å². The number of aromatic hydroxyl groups is 2. The normalized spacial score (nSPS) is 11.4. The maximum absolute atomic E-state index is 9.30. The van der Waals surface area contributed by atoms with Gasteiger partial charge >= 0.3 is 0 Å². The second kappa shape index (κ2) is 4.13. The molecule has 2 aromatic carbocycles. The van der Waals surface area contributed by atoms with Crippen molar-refractivity contribution in [2.24, 2.45) is 0 Å². The fourth-order valence-electron chi connectivity index (χ4n) is 1.92. The molecule has 88 valence electrons. The Kier molecular flexibility index (Phi) is 2.80. The Labute approximate surface area is 101 Å². The monoisotopic (exact) mass is 229 g/mol. The number of rotatable bonds is 2. The largest absolute Gasteiger partial charge is 0.508 e. The van der Waals surface area contributed by atoms with Crippen molar-refractivity contribution in [3.05, 3.63) is 59.7 Å². The molecule has 0 aromatic heterocycles. The van der Waals surface area contributed by atoms with E-state index in [4.69, 9.17) is 0 Å². The van der Waals surface area contributed by atoms with E-state index < -0.39 is 0 Å². The van der Waals surface area contributed by atoms with Crippen molar-refractivity contribution in [1.82, 2.24) is 0 Å². The molecular weight excluding hydrogens is 213 g/mol. The minimum absolute atomic E-state index is 0.151. The highest BCUT2D eigenvalue weighted by Gasteiger charge is 2.22. The second-order valence-corrected chi connectivity index (χ2v) is 4.72. The Hall–Kier alpha value is -1.96. The zero-order chi connectivity index (χ0) is 12.5. The first-order valence-corrected chi connectivity index (χ1v) is 5.59. The van der Waals surface area contributed by atoms with Gasteiger partial charge < -0.3 is 10.2 Å². The van der Waals surface area contributed by atoms with E-state index in [9.17, 15) is 10.2 Å². The van der Waals surface area contributed by atoms with Crippen molar-refractivity contribution >= 4 is 0 Å². The van der Waals surface area contributed by atoms with Crippen LogP contribution in [0.25, 0.3) is 0 Å². The summed E-state index contributed by atoms with van der Waals surface area (Å²) in [6, 6.07) is 14.4. The first-order chi connectivity index (χ1) is 8.00. The summed E-state index contributed by atoms with van der Waals surface area (Å²) in [5.74, 6) is 0.547. The molecule has 0 spiro atoms. The predicted molar refractivity (Wildman–Crippen MR) is 68.3 cm³/mol. The first kappa shape index (κ1) is 11.5. The standard InChI is InChI=1S/C15H16O2/c1-15(2,11-3-7-13(16)8-4-11)12-5-9-14(17)10-6-12/h3-10,16-17H,1-2H3/i16+1. The molecule has 0 atom stereocenters. The van der Waals surface area contributed by atoms with Gasteiger partial charge in [0.15, 0.2) is 0 Å². The number of phenols is 2. The van der Waals surface area contributed by atoms with E-state index in [0.29, 0.717) is 0 Å². The lowest BCUT2D eigenvalue weighted by atomic mass is 9.78. The van der Waals surface area contributed by atoms with Crippen molar-refractivity contribution in [1.29, 1.82) is 0 Å². The van der Waals surface area contributed by atoms with Crippen LogP contribution < -0.4 is 0 Å². The van der Waals surface area contributed by atoms with Crippen LogP contribution in [0.15, 0.2) is 48.5 Å². The molecule has 0 aliphatic carbocycles. The van der Waals surface area contributed by atoms with E-state index in [2.05, 4.69) is 13.8 Å². The molecule has 0 bridgehead atoms. The van der Waals surface area contributed by atoms with Gasteiger partial charge in [-0.25, -0.2) is 0 Å². The summed E-state index contributed by atoms with van der Waals surface area (Å²) in [5, 5.41) is 18.6. The molecule has 0 fully saturated rings. The van der Waals surface area contributed by atoms with E-state index in [1.165, 1.54) is 0 Å². The van der Waals surface area contributed by atoms with Crippen LogP contribution in [0.5, 0.6) is 11.5 Å². The Morgan fingerprint density at radius 3 is 1.71 bits per heavy atom. The molecule has 0 unspecified atom stereocenters. The highest BCUT2D eigenvalue weighted by atomic mass is 17.2. The van der Waals surface area contributed by atoms with Gasteiger partial charge in [-0.2, -0.15) is 0 Å². The van der Waals surface area contributed by atoms with Crippen LogP contribution in [0.2, 0.25) is 0 Å². The van der Waals surface area contributed by atoms with Crippen molar-refractivity contribution in [3.63, 3.8) is 0 Å². The second-order valence-electron chi connectivity index (χ2n) is 4.72. The lowest BCUT2D eigenvalue weighted by Gasteiger charge is -2.26. The third kappa shape index (κ3) is 2.26. The van der Waals surface area contributed by atoms with Crippen LogP contribution in [-0.4, -0.2) is 10.2 Å². The number of hydrogen-bond donors (Lipinski definition) is 2. The minimum Gasteiger partial charge on any atom is -0.508 e. The molecular formula is C15H16O2. The van der Waals surface area contributed by atoms with E-state index in [-0.39, 0.29) is 16.9 Å². The average Bonchev–Trinajstić information content (AvgIpc) is 2.30. The zero-order valence-corrected chi connectivity index (χ0v) is 10.0. The lowest BCUT2D eigenvalue weighted by molar-refractivity contribution is 0.474. The number of benzene rings is 2. The molecule has 0 aliphatic rings. The first-order valence-electron chi connectivity index (χ1n) is 5.59. The molecule has 2 N–H and O–H groups in total. The van der Waals surface area contributed by atoms with Gasteiger partial charge in [0, 0.05) is 5.41 Å². The van der Waals surface area contributed by atoms with Crippen LogP contribution in [0, 0.1) is 0 Å². The molecule has 2 rings (SSSR count). The molecule has 2 nitrogen and oxygen atoms in total. The van der Waals surface area contributed by atoms with Crippen LogP contribution in [0.4, 0.5) is 0 Å². The van der Waals surface area contributed by atoms with Crippen LogP contribution >= 0.6 is 0 Å². The Morgan fingerprint density at radius 2 is 1.24 bits per heavy atom. The zero-order valence-electron chi connectivity index (χ0n) is 10.0. The Morgan fingerprint density at radius 1 is 0.824 bits per heavy atom. The quantitative estimate of drug-likeness (QED) is 0.828. The topological polar surface area (TPSA) is 40.5 Å². The Balaban J connectivity index is 2.41. The molecule has 0 saturated heterocycles. The summed E-state index contributed by atoms with van der Waals surface area (Å²) < 4.78 is 0. The summed E-state index contributed by atoms with van der Waals surface area (Å²) in [6.07, 6.45) is 0. The Bertz CT molecular complexity index is 448. The molecule has 2 aromatic rings. The van der Waals surface area contributed by atoms with Gasteiger partial charge in [-0.15, -0.1) is 0 Å². The fourth-order valence-corrected chi connectivity index (χ4v) is 1.92. The van der Waals surface area contributed by atoms with E-state index in [1.54, 1.807) is 24.3 Å². The molecule has 17 heavy (non-hydrogen) atoms. The van der Waals surface area contributed by atoms with Crippen molar-refractivity contribution < 1.29 is 10.2 Å². The number of hydrogen-bond acceptors (Lipinski definition) is 2. The predicted octanol–water partition coefficient (Wildman–Crippen LogP) is 3.42. The summed E-state index contributed by atoms with van der Waals surface area (Å²) in [6.45, 7) is 4.23. The maximum atomic E-state index is 9.30. The molecule has 0 saturated carbocycles. The van der Waals surface area contributed by atoms with E-state index in [1.807, 2.05) is 24.3 Å². The van der Waals surface area contributed by atoms with Gasteiger partial charge in [0.2, 0.25) is 0 Å². The molecule has 2 heteroatoms. The van der Waals surface area contributed by atoms with Crippen molar-refractivity contribution in [2.75, 3.05) is 0 Å². The van der Waals surface area contributed by atoms with Crippen LogP contribution in [0.1, 0.15) is 25.0 Å².